The molecular weight excluding hydrogens is 390 g/mol. The van der Waals surface area contributed by atoms with Gasteiger partial charge in [0, 0.05) is 19.3 Å². The highest BCUT2D eigenvalue weighted by Gasteiger charge is 2.25. The molecule has 0 unspecified atom stereocenters. The quantitative estimate of drug-likeness (QED) is 0.708. The summed E-state index contributed by atoms with van der Waals surface area (Å²) < 4.78 is 36.4. The highest BCUT2D eigenvalue weighted by atomic mass is 19.1. The lowest BCUT2D eigenvalue weighted by Gasteiger charge is -2.29. The average molecular weight is 414 g/mol. The molecule has 0 saturated carbocycles. The van der Waals surface area contributed by atoms with Crippen LogP contribution in [0, 0.1) is 17.6 Å². The normalized spacial score (nSPS) is 20.1. The van der Waals surface area contributed by atoms with Crippen LogP contribution in [0.25, 0.3) is 17.2 Å². The van der Waals surface area contributed by atoms with Crippen LogP contribution >= 0.6 is 0 Å². The van der Waals surface area contributed by atoms with E-state index in [2.05, 4.69) is 20.3 Å². The van der Waals surface area contributed by atoms with E-state index in [0.29, 0.717) is 61.5 Å². The molecule has 1 atom stereocenters. The minimum Gasteiger partial charge on any atom is -0.378 e. The first kappa shape index (κ1) is 19.3. The van der Waals surface area contributed by atoms with Gasteiger partial charge in [-0.15, -0.1) is 0 Å². The molecule has 2 aliphatic rings. The van der Waals surface area contributed by atoms with Crippen LogP contribution < -0.4 is 10.2 Å². The lowest BCUT2D eigenvalue weighted by molar-refractivity contribution is 0.122. The zero-order chi connectivity index (χ0) is 20.5. The van der Waals surface area contributed by atoms with Crippen molar-refractivity contribution in [3.8, 4) is 11.5 Å². The fraction of sp³-hybridized carbons (Fsp3) is 0.476. The van der Waals surface area contributed by atoms with Gasteiger partial charge in [0.05, 0.1) is 25.1 Å². The van der Waals surface area contributed by atoms with Crippen molar-refractivity contribution >= 4 is 11.5 Å². The number of imidazole rings is 1. The molecule has 0 spiro atoms. The summed E-state index contributed by atoms with van der Waals surface area (Å²) >= 11 is 0. The predicted octanol–water partition coefficient (Wildman–Crippen LogP) is 2.45. The first-order valence-electron chi connectivity index (χ1n) is 10.4. The predicted molar refractivity (Wildman–Crippen MR) is 108 cm³/mol. The molecule has 5 heterocycles. The highest BCUT2D eigenvalue weighted by molar-refractivity contribution is 5.59. The molecule has 3 aromatic rings. The molecule has 0 bridgehead atoms. The van der Waals surface area contributed by atoms with Crippen molar-refractivity contribution in [3.63, 3.8) is 0 Å². The SMILES string of the molecule is Fc1ccc2ncc(-c3nc(C[C@@H]4CCCNC4)c(F)c(N4CCOCC4)n3)n2c1. The maximum atomic E-state index is 15.5. The maximum Gasteiger partial charge on any atom is 0.187 e. The van der Waals surface area contributed by atoms with Gasteiger partial charge in [0.25, 0.3) is 0 Å². The number of halogens is 2. The van der Waals surface area contributed by atoms with E-state index < -0.39 is 0 Å². The number of piperidine rings is 1. The van der Waals surface area contributed by atoms with E-state index in [-0.39, 0.29) is 17.5 Å². The molecule has 30 heavy (non-hydrogen) atoms. The van der Waals surface area contributed by atoms with Crippen molar-refractivity contribution in [1.82, 2.24) is 24.7 Å². The Hall–Kier alpha value is -2.65. The van der Waals surface area contributed by atoms with Crippen molar-refractivity contribution < 1.29 is 13.5 Å². The van der Waals surface area contributed by atoms with Crippen molar-refractivity contribution in [3.05, 3.63) is 41.9 Å². The molecule has 2 aliphatic heterocycles. The van der Waals surface area contributed by atoms with Gasteiger partial charge in [-0.25, -0.2) is 23.7 Å². The number of anilines is 1. The standard InChI is InChI=1S/C21H24F2N6O/c22-15-3-4-18-25-12-17(29(18)13-15)20-26-16(10-14-2-1-5-24-11-14)19(23)21(27-20)28-6-8-30-9-7-28/h3-4,12-14,24H,1-2,5-11H2/t14-/m0/s1. The number of fused-ring (bicyclic) bond motifs is 1. The summed E-state index contributed by atoms with van der Waals surface area (Å²) in [5.41, 5.74) is 1.54. The van der Waals surface area contributed by atoms with E-state index in [1.54, 1.807) is 16.7 Å². The van der Waals surface area contributed by atoms with Crippen LogP contribution in [0.2, 0.25) is 0 Å². The van der Waals surface area contributed by atoms with Gasteiger partial charge in [0.2, 0.25) is 0 Å². The molecule has 5 rings (SSSR count). The first-order valence-corrected chi connectivity index (χ1v) is 10.4. The van der Waals surface area contributed by atoms with Gasteiger partial charge >= 0.3 is 0 Å². The number of morpholine rings is 1. The smallest absolute Gasteiger partial charge is 0.187 e. The molecule has 158 valence electrons. The van der Waals surface area contributed by atoms with Crippen molar-refractivity contribution in [1.29, 1.82) is 0 Å². The number of pyridine rings is 1. The topological polar surface area (TPSA) is 67.6 Å². The molecule has 0 amide bonds. The molecule has 2 saturated heterocycles. The third-order valence-electron chi connectivity index (χ3n) is 5.79. The van der Waals surface area contributed by atoms with Crippen LogP contribution in [0.5, 0.6) is 0 Å². The van der Waals surface area contributed by atoms with E-state index in [0.717, 1.165) is 25.9 Å². The summed E-state index contributed by atoms with van der Waals surface area (Å²) in [6.45, 7) is 4.05. The summed E-state index contributed by atoms with van der Waals surface area (Å²) in [5.74, 6) is 0.216. The van der Waals surface area contributed by atoms with E-state index >= 15 is 4.39 Å². The second kappa shape index (κ2) is 8.23. The fourth-order valence-corrected chi connectivity index (χ4v) is 4.21. The number of nitrogens with one attached hydrogen (secondary N) is 1. The Balaban J connectivity index is 1.60. The lowest BCUT2D eigenvalue weighted by Crippen LogP contribution is -2.38. The Kier molecular flexibility index (Phi) is 5.30. The molecular formula is C21H24F2N6O. The second-order valence-electron chi connectivity index (χ2n) is 7.87. The molecule has 3 aromatic heterocycles. The number of aromatic nitrogens is 4. The van der Waals surface area contributed by atoms with E-state index in [9.17, 15) is 4.39 Å². The van der Waals surface area contributed by atoms with Gasteiger partial charge in [-0.05, 0) is 50.4 Å². The van der Waals surface area contributed by atoms with E-state index in [4.69, 9.17) is 4.74 Å². The lowest BCUT2D eigenvalue weighted by atomic mass is 9.94. The van der Waals surface area contributed by atoms with Crippen LogP contribution in [-0.4, -0.2) is 58.7 Å². The summed E-state index contributed by atoms with van der Waals surface area (Å²) in [5, 5.41) is 3.38. The van der Waals surface area contributed by atoms with Gasteiger partial charge in [0.1, 0.15) is 17.2 Å². The Morgan fingerprint density at radius 2 is 2.03 bits per heavy atom. The number of hydrogen-bond acceptors (Lipinski definition) is 6. The van der Waals surface area contributed by atoms with Crippen LogP contribution in [0.3, 0.4) is 0 Å². The van der Waals surface area contributed by atoms with Crippen LogP contribution in [0.4, 0.5) is 14.6 Å². The summed E-state index contributed by atoms with van der Waals surface area (Å²) in [4.78, 5) is 15.4. The Morgan fingerprint density at radius 1 is 1.17 bits per heavy atom. The minimum atomic E-state index is -0.384. The second-order valence-corrected chi connectivity index (χ2v) is 7.87. The van der Waals surface area contributed by atoms with Gasteiger partial charge in [-0.3, -0.25) is 4.40 Å². The summed E-state index contributed by atoms with van der Waals surface area (Å²) in [7, 11) is 0. The van der Waals surface area contributed by atoms with Gasteiger partial charge < -0.3 is 15.0 Å². The minimum absolute atomic E-state index is 0.286. The Labute approximate surface area is 173 Å². The summed E-state index contributed by atoms with van der Waals surface area (Å²) in [6.07, 6.45) is 5.62. The zero-order valence-corrected chi connectivity index (χ0v) is 16.7. The molecule has 7 nitrogen and oxygen atoms in total. The molecule has 1 N–H and O–H groups in total. The zero-order valence-electron chi connectivity index (χ0n) is 16.7. The molecule has 2 fully saturated rings. The molecule has 9 heteroatoms. The van der Waals surface area contributed by atoms with Crippen molar-refractivity contribution in [2.45, 2.75) is 19.3 Å². The fourth-order valence-electron chi connectivity index (χ4n) is 4.21. The number of hydrogen-bond donors (Lipinski definition) is 1. The highest BCUT2D eigenvalue weighted by Crippen LogP contribution is 2.28. The molecule has 0 radical (unpaired) electrons. The third kappa shape index (κ3) is 3.75. The summed E-state index contributed by atoms with van der Waals surface area (Å²) in [6, 6.07) is 2.96. The number of ether oxygens (including phenoxy) is 1. The maximum absolute atomic E-state index is 15.5. The number of rotatable bonds is 4. The van der Waals surface area contributed by atoms with Gasteiger partial charge in [0.15, 0.2) is 17.5 Å². The van der Waals surface area contributed by atoms with Gasteiger partial charge in [-0.2, -0.15) is 0 Å². The first-order chi connectivity index (χ1) is 14.7. The van der Waals surface area contributed by atoms with Gasteiger partial charge in [-0.1, -0.05) is 0 Å². The van der Waals surface area contributed by atoms with Crippen molar-refractivity contribution in [2.24, 2.45) is 5.92 Å². The van der Waals surface area contributed by atoms with E-state index in [1.807, 2.05) is 4.90 Å². The Morgan fingerprint density at radius 3 is 2.83 bits per heavy atom. The van der Waals surface area contributed by atoms with Crippen molar-refractivity contribution in [2.75, 3.05) is 44.3 Å². The third-order valence-corrected chi connectivity index (χ3v) is 5.79. The largest absolute Gasteiger partial charge is 0.378 e. The monoisotopic (exact) mass is 414 g/mol. The molecule has 0 aliphatic carbocycles. The van der Waals surface area contributed by atoms with Crippen LogP contribution in [-0.2, 0) is 11.2 Å². The number of nitrogens with zero attached hydrogens (tertiary/aromatic N) is 5. The van der Waals surface area contributed by atoms with E-state index in [1.165, 1.54) is 12.3 Å². The Bertz CT molecular complexity index is 1040. The van der Waals surface area contributed by atoms with Crippen LogP contribution in [0.1, 0.15) is 18.5 Å². The van der Waals surface area contributed by atoms with Crippen LogP contribution in [0.15, 0.2) is 24.5 Å². The molecule has 0 aromatic carbocycles. The average Bonchev–Trinajstić information content (AvgIpc) is 3.19.